The summed E-state index contributed by atoms with van der Waals surface area (Å²) < 4.78 is 35.9. The van der Waals surface area contributed by atoms with Gasteiger partial charge in [-0.3, -0.25) is 4.79 Å². The van der Waals surface area contributed by atoms with Gasteiger partial charge in [0.25, 0.3) is 0 Å². The fraction of sp³-hybridized carbons (Fsp3) is 0.125. The van der Waals surface area contributed by atoms with E-state index in [4.69, 9.17) is 10.4 Å². The van der Waals surface area contributed by atoms with Crippen molar-refractivity contribution < 1.29 is 27.9 Å². The monoisotopic (exact) mass is 264 g/mol. The van der Waals surface area contributed by atoms with Crippen molar-refractivity contribution >= 4 is 28.9 Å². The van der Waals surface area contributed by atoms with Gasteiger partial charge < -0.3 is 10.4 Å². The van der Waals surface area contributed by atoms with Crippen molar-refractivity contribution in [3.8, 4) is 6.07 Å². The van der Waals surface area contributed by atoms with Crippen molar-refractivity contribution in [1.82, 2.24) is 0 Å². The molecule has 5 nitrogen and oxygen atoms in total. The van der Waals surface area contributed by atoms with Gasteiger partial charge in [-0.1, -0.05) is 0 Å². The number of carbonyl (C=O) groups excluding carboxylic acids is 1. The Kier molecular flexibility index (Phi) is 3.38. The molecule has 0 fully saturated rings. The average molecular weight is 264 g/mol. The molecule has 0 aliphatic carbocycles. The number of hydrogen-bond donors (Lipinski definition) is 2. The summed E-state index contributed by atoms with van der Waals surface area (Å²) in [7, 11) is 0. The number of nitrogens with one attached hydrogen (secondary N) is 1. The lowest BCUT2D eigenvalue weighted by Gasteiger charge is -2.07. The summed E-state index contributed by atoms with van der Waals surface area (Å²) in [5.41, 5.74) is -0.961. The van der Waals surface area contributed by atoms with Gasteiger partial charge in [0.1, 0.15) is 10.9 Å². The molecule has 0 aliphatic heterocycles. The number of halogens is 3. The topological polar surface area (TPSA) is 90.2 Å². The van der Waals surface area contributed by atoms with E-state index >= 15 is 0 Å². The maximum Gasteiger partial charge on any atom is 0.471 e. The molecule has 90 valence electrons. The Balaban J connectivity index is 3.14. The molecule has 0 saturated heterocycles. The summed E-state index contributed by atoms with van der Waals surface area (Å²) in [4.78, 5) is 20.8. The Morgan fingerprint density at radius 2 is 2.06 bits per heavy atom. The second kappa shape index (κ2) is 4.42. The van der Waals surface area contributed by atoms with Crippen LogP contribution >= 0.6 is 11.3 Å². The number of alkyl halides is 3. The van der Waals surface area contributed by atoms with Gasteiger partial charge in [-0.05, 0) is 0 Å². The minimum absolute atomic E-state index is 0.329. The minimum Gasteiger partial charge on any atom is -0.477 e. The second-order valence-electron chi connectivity index (χ2n) is 2.72. The van der Waals surface area contributed by atoms with Gasteiger partial charge >= 0.3 is 18.1 Å². The van der Waals surface area contributed by atoms with Crippen LogP contribution in [-0.4, -0.2) is 23.2 Å². The molecule has 1 heterocycles. The number of anilines is 1. The predicted molar refractivity (Wildman–Crippen MR) is 50.7 cm³/mol. The third-order valence-electron chi connectivity index (χ3n) is 1.60. The highest BCUT2D eigenvalue weighted by molar-refractivity contribution is 7.12. The van der Waals surface area contributed by atoms with Crippen molar-refractivity contribution in [3.63, 3.8) is 0 Å². The largest absolute Gasteiger partial charge is 0.477 e. The van der Waals surface area contributed by atoms with Crippen LogP contribution in [0.2, 0.25) is 0 Å². The van der Waals surface area contributed by atoms with Crippen LogP contribution in [-0.2, 0) is 4.79 Å². The van der Waals surface area contributed by atoms with E-state index in [1.54, 1.807) is 0 Å². The van der Waals surface area contributed by atoms with E-state index in [0.29, 0.717) is 11.3 Å². The molecule has 9 heteroatoms. The maximum absolute atomic E-state index is 12.0. The van der Waals surface area contributed by atoms with Gasteiger partial charge in [0.15, 0.2) is 0 Å². The Hall–Kier alpha value is -2.08. The standard InChI is InChI=1S/C8H3F3N2O3S/c9-8(10,11)7(16)13-4-3(1-12)2-17-5(4)6(14)15/h2H,(H,13,16)(H,14,15). The highest BCUT2D eigenvalue weighted by Gasteiger charge is 2.39. The second-order valence-corrected chi connectivity index (χ2v) is 3.60. The van der Waals surface area contributed by atoms with E-state index in [1.807, 2.05) is 0 Å². The van der Waals surface area contributed by atoms with Crippen LogP contribution in [0.15, 0.2) is 5.38 Å². The molecule has 1 amide bonds. The lowest BCUT2D eigenvalue weighted by atomic mass is 10.2. The number of hydrogen-bond acceptors (Lipinski definition) is 4. The molecule has 0 bridgehead atoms. The van der Waals surface area contributed by atoms with Crippen molar-refractivity contribution in [2.75, 3.05) is 5.32 Å². The summed E-state index contributed by atoms with van der Waals surface area (Å²) in [5, 5.41) is 19.6. The van der Waals surface area contributed by atoms with Gasteiger partial charge in [0, 0.05) is 5.38 Å². The highest BCUT2D eigenvalue weighted by Crippen LogP contribution is 2.29. The molecule has 0 radical (unpaired) electrons. The van der Waals surface area contributed by atoms with E-state index in [9.17, 15) is 22.8 Å². The summed E-state index contributed by atoms with van der Waals surface area (Å²) in [6, 6.07) is 1.49. The number of carboxylic acids is 1. The Morgan fingerprint density at radius 1 is 1.47 bits per heavy atom. The number of thiophene rings is 1. The summed E-state index contributed by atoms with van der Waals surface area (Å²) >= 11 is 0.557. The fourth-order valence-corrected chi connectivity index (χ4v) is 1.69. The summed E-state index contributed by atoms with van der Waals surface area (Å²) in [6.45, 7) is 0. The molecule has 0 saturated carbocycles. The first-order valence-electron chi connectivity index (χ1n) is 3.90. The first-order chi connectivity index (χ1) is 7.77. The zero-order chi connectivity index (χ0) is 13.2. The Bertz CT molecular complexity index is 515. The van der Waals surface area contributed by atoms with E-state index in [1.165, 1.54) is 11.4 Å². The fourth-order valence-electron chi connectivity index (χ4n) is 0.906. The van der Waals surface area contributed by atoms with Gasteiger partial charge in [0.2, 0.25) is 0 Å². The number of aromatic carboxylic acids is 1. The predicted octanol–water partition coefficient (Wildman–Crippen LogP) is 1.82. The van der Waals surface area contributed by atoms with Gasteiger partial charge in [-0.15, -0.1) is 11.3 Å². The SMILES string of the molecule is N#Cc1csc(C(=O)O)c1NC(=O)C(F)(F)F. The number of nitrogens with zero attached hydrogens (tertiary/aromatic N) is 1. The molecule has 0 aromatic carbocycles. The van der Waals surface area contributed by atoms with Crippen LogP contribution in [0.5, 0.6) is 0 Å². The van der Waals surface area contributed by atoms with E-state index < -0.39 is 28.6 Å². The highest BCUT2D eigenvalue weighted by atomic mass is 32.1. The first kappa shape index (κ1) is 13.0. The zero-order valence-electron chi connectivity index (χ0n) is 7.83. The average Bonchev–Trinajstić information content (AvgIpc) is 2.59. The molecule has 0 unspecified atom stereocenters. The van der Waals surface area contributed by atoms with Crippen molar-refractivity contribution in [2.45, 2.75) is 6.18 Å². The lowest BCUT2D eigenvalue weighted by molar-refractivity contribution is -0.167. The Morgan fingerprint density at radius 3 is 2.47 bits per heavy atom. The molecule has 1 aromatic rings. The Labute approximate surface area is 96.1 Å². The molecule has 17 heavy (non-hydrogen) atoms. The van der Waals surface area contributed by atoms with Crippen LogP contribution in [0.4, 0.5) is 18.9 Å². The van der Waals surface area contributed by atoms with Crippen molar-refractivity contribution in [3.05, 3.63) is 15.8 Å². The van der Waals surface area contributed by atoms with Crippen LogP contribution < -0.4 is 5.32 Å². The third kappa shape index (κ3) is 2.73. The van der Waals surface area contributed by atoms with E-state index in [0.717, 1.165) is 5.38 Å². The van der Waals surface area contributed by atoms with Gasteiger partial charge in [0.05, 0.1) is 11.3 Å². The van der Waals surface area contributed by atoms with Crippen LogP contribution in [0.1, 0.15) is 15.2 Å². The van der Waals surface area contributed by atoms with Crippen LogP contribution in [0, 0.1) is 11.3 Å². The quantitative estimate of drug-likeness (QED) is 0.852. The summed E-state index contributed by atoms with van der Waals surface area (Å²) in [6.07, 6.45) is -5.15. The molecule has 1 aromatic heterocycles. The zero-order valence-corrected chi connectivity index (χ0v) is 8.65. The molecule has 2 N–H and O–H groups in total. The van der Waals surface area contributed by atoms with Gasteiger partial charge in [-0.25, -0.2) is 4.79 Å². The lowest BCUT2D eigenvalue weighted by Crippen LogP contribution is -2.30. The van der Waals surface area contributed by atoms with Crippen LogP contribution in [0.3, 0.4) is 0 Å². The van der Waals surface area contributed by atoms with Gasteiger partial charge in [-0.2, -0.15) is 18.4 Å². The number of nitriles is 1. The maximum atomic E-state index is 12.0. The van der Waals surface area contributed by atoms with Crippen molar-refractivity contribution in [1.29, 1.82) is 5.26 Å². The number of carbonyl (C=O) groups is 2. The smallest absolute Gasteiger partial charge is 0.471 e. The van der Waals surface area contributed by atoms with Crippen molar-refractivity contribution in [2.24, 2.45) is 0 Å². The van der Waals surface area contributed by atoms with Crippen LogP contribution in [0.25, 0.3) is 0 Å². The number of amides is 1. The summed E-state index contributed by atoms with van der Waals surface area (Å²) in [5.74, 6) is -3.84. The molecular formula is C8H3F3N2O3S. The minimum atomic E-state index is -5.15. The van der Waals surface area contributed by atoms with E-state index in [2.05, 4.69) is 0 Å². The third-order valence-corrected chi connectivity index (χ3v) is 2.57. The number of rotatable bonds is 2. The molecule has 1 rings (SSSR count). The van der Waals surface area contributed by atoms with E-state index in [-0.39, 0.29) is 5.56 Å². The molecule has 0 aliphatic rings. The molecular weight excluding hydrogens is 261 g/mol. The number of carboxylic acid groups (broad SMARTS) is 1. The first-order valence-corrected chi connectivity index (χ1v) is 4.78. The molecule has 0 atom stereocenters. The normalized spacial score (nSPS) is 10.7. The molecule has 0 spiro atoms.